The van der Waals surface area contributed by atoms with E-state index in [2.05, 4.69) is 170 Å². The van der Waals surface area contributed by atoms with Gasteiger partial charge in [-0.25, -0.2) is 4.99 Å². The molecule has 0 saturated carbocycles. The van der Waals surface area contributed by atoms with E-state index in [1.165, 1.54) is 59.1 Å². The summed E-state index contributed by atoms with van der Waals surface area (Å²) in [5.41, 5.74) is 12.9. The molecule has 4 nitrogen and oxygen atoms in total. The van der Waals surface area contributed by atoms with Gasteiger partial charge in [0, 0.05) is 47.5 Å². The molecule has 254 valence electrons. The summed E-state index contributed by atoms with van der Waals surface area (Å²) in [5.74, 6) is 0.894. The van der Waals surface area contributed by atoms with Crippen LogP contribution in [0.5, 0.6) is 0 Å². The van der Waals surface area contributed by atoms with E-state index < -0.39 is 0 Å². The van der Waals surface area contributed by atoms with Gasteiger partial charge in [0.25, 0.3) is 0 Å². The number of furan rings is 1. The van der Waals surface area contributed by atoms with E-state index in [4.69, 9.17) is 9.41 Å². The van der Waals surface area contributed by atoms with E-state index in [0.29, 0.717) is 0 Å². The summed E-state index contributed by atoms with van der Waals surface area (Å²) in [6.45, 7) is 4.74. The van der Waals surface area contributed by atoms with Gasteiger partial charge < -0.3 is 9.73 Å². The van der Waals surface area contributed by atoms with Gasteiger partial charge in [-0.3, -0.25) is 5.32 Å². The van der Waals surface area contributed by atoms with Gasteiger partial charge in [0.15, 0.2) is 0 Å². The predicted molar refractivity (Wildman–Crippen MR) is 221 cm³/mol. The van der Waals surface area contributed by atoms with Gasteiger partial charge in [0.05, 0.1) is 0 Å². The first-order chi connectivity index (χ1) is 26.0. The van der Waals surface area contributed by atoms with Crippen LogP contribution in [0.4, 0.5) is 0 Å². The van der Waals surface area contributed by atoms with E-state index in [-0.39, 0.29) is 17.7 Å². The largest absolute Gasteiger partial charge is 0.455 e. The number of rotatable bonds is 4. The van der Waals surface area contributed by atoms with Crippen molar-refractivity contribution in [3.63, 3.8) is 0 Å². The SMILES string of the molecule is CC1(C)c2cc(-c3cc4c5ccccc5oc4c4c3sc3ccccc34)ccc2-c2ccc(C3N=C(c4ccccc4)NC(c4ccccc4)N3)cc21. The summed E-state index contributed by atoms with van der Waals surface area (Å²) in [7, 11) is 0. The van der Waals surface area contributed by atoms with Crippen molar-refractivity contribution in [2.45, 2.75) is 31.6 Å². The highest BCUT2D eigenvalue weighted by molar-refractivity contribution is 7.26. The van der Waals surface area contributed by atoms with Crippen molar-refractivity contribution in [2.75, 3.05) is 0 Å². The molecule has 2 aliphatic rings. The van der Waals surface area contributed by atoms with Gasteiger partial charge in [-0.2, -0.15) is 0 Å². The number of hydrogen-bond donors (Lipinski definition) is 2. The molecule has 7 aromatic carbocycles. The van der Waals surface area contributed by atoms with Crippen LogP contribution < -0.4 is 10.6 Å². The zero-order chi connectivity index (χ0) is 35.3. The molecule has 0 fully saturated rings. The summed E-state index contributed by atoms with van der Waals surface area (Å²) in [5, 5.41) is 12.2. The zero-order valence-electron chi connectivity index (χ0n) is 29.4. The van der Waals surface area contributed by atoms with Gasteiger partial charge in [0.2, 0.25) is 0 Å². The smallest absolute Gasteiger partial charge is 0.144 e. The maximum Gasteiger partial charge on any atom is 0.144 e. The van der Waals surface area contributed by atoms with Crippen LogP contribution in [-0.2, 0) is 5.41 Å². The number of amidine groups is 1. The Hall–Kier alpha value is -6.01. The maximum absolute atomic E-state index is 6.59. The number of benzene rings is 7. The Kier molecular flexibility index (Phi) is 6.64. The first-order valence-electron chi connectivity index (χ1n) is 18.3. The third-order valence-corrected chi connectivity index (χ3v) is 12.6. The molecule has 5 heteroatoms. The number of fused-ring (bicyclic) bond motifs is 10. The topological polar surface area (TPSA) is 49.6 Å². The number of nitrogens with zero attached hydrogens (tertiary/aromatic N) is 1. The lowest BCUT2D eigenvalue weighted by Gasteiger charge is -2.32. The fourth-order valence-electron chi connectivity index (χ4n) is 8.66. The summed E-state index contributed by atoms with van der Waals surface area (Å²) >= 11 is 1.86. The number of thiophene rings is 1. The first kappa shape index (κ1) is 30.6. The molecule has 0 spiro atoms. The molecular weight excluding hydrogens is 667 g/mol. The molecule has 1 aliphatic carbocycles. The predicted octanol–water partition coefficient (Wildman–Crippen LogP) is 12.3. The molecule has 11 rings (SSSR count). The van der Waals surface area contributed by atoms with Crippen LogP contribution in [0, 0.1) is 0 Å². The lowest BCUT2D eigenvalue weighted by Crippen LogP contribution is -2.45. The lowest BCUT2D eigenvalue weighted by molar-refractivity contribution is 0.408. The van der Waals surface area contributed by atoms with Gasteiger partial charge in [-0.05, 0) is 63.2 Å². The third-order valence-electron chi connectivity index (χ3n) is 11.4. The van der Waals surface area contributed by atoms with Crippen LogP contribution in [0.3, 0.4) is 0 Å². The summed E-state index contributed by atoms with van der Waals surface area (Å²) in [4.78, 5) is 5.25. The molecule has 2 aromatic heterocycles. The van der Waals surface area contributed by atoms with Crippen molar-refractivity contribution < 1.29 is 4.42 Å². The highest BCUT2D eigenvalue weighted by Crippen LogP contribution is 2.52. The molecule has 2 N–H and O–H groups in total. The van der Waals surface area contributed by atoms with Crippen molar-refractivity contribution in [1.82, 2.24) is 10.6 Å². The van der Waals surface area contributed by atoms with E-state index >= 15 is 0 Å². The van der Waals surface area contributed by atoms with Gasteiger partial charge in [0.1, 0.15) is 29.3 Å². The lowest BCUT2D eigenvalue weighted by atomic mass is 9.81. The number of hydrogen-bond acceptors (Lipinski definition) is 5. The molecule has 2 atom stereocenters. The fraction of sp³-hybridized carbons (Fsp3) is 0.104. The van der Waals surface area contributed by atoms with Crippen molar-refractivity contribution in [1.29, 1.82) is 0 Å². The third kappa shape index (κ3) is 4.67. The first-order valence-corrected chi connectivity index (χ1v) is 19.1. The maximum atomic E-state index is 6.59. The Morgan fingerprint density at radius 1 is 0.604 bits per heavy atom. The highest BCUT2D eigenvalue weighted by atomic mass is 32.1. The fourth-order valence-corrected chi connectivity index (χ4v) is 9.90. The zero-order valence-corrected chi connectivity index (χ0v) is 30.2. The molecular formula is C48H35N3OS. The normalized spacial score (nSPS) is 17.6. The minimum atomic E-state index is -0.213. The van der Waals surface area contributed by atoms with Crippen molar-refractivity contribution >= 4 is 59.3 Å². The molecule has 1 aliphatic heterocycles. The van der Waals surface area contributed by atoms with Crippen LogP contribution in [-0.4, -0.2) is 5.84 Å². The van der Waals surface area contributed by atoms with Gasteiger partial charge in [-0.15, -0.1) is 11.3 Å². The van der Waals surface area contributed by atoms with E-state index in [1.54, 1.807) is 0 Å². The second-order valence-corrected chi connectivity index (χ2v) is 15.8. The molecule has 53 heavy (non-hydrogen) atoms. The molecule has 3 heterocycles. The molecule has 0 bridgehead atoms. The Morgan fingerprint density at radius 2 is 1.30 bits per heavy atom. The Bertz CT molecular complexity index is 2940. The minimum absolute atomic E-state index is 0.0784. The quantitative estimate of drug-likeness (QED) is 0.192. The van der Waals surface area contributed by atoms with Crippen LogP contribution in [0.1, 0.15) is 54.0 Å². The van der Waals surface area contributed by atoms with Crippen molar-refractivity contribution in [3.8, 4) is 22.3 Å². The Labute approximate surface area is 311 Å². The number of aliphatic imine (C=N–C) groups is 1. The molecule has 9 aromatic rings. The van der Waals surface area contributed by atoms with E-state index in [0.717, 1.165) is 38.9 Å². The van der Waals surface area contributed by atoms with Crippen LogP contribution in [0.25, 0.3) is 64.4 Å². The number of nitrogens with one attached hydrogen (secondary N) is 2. The van der Waals surface area contributed by atoms with Crippen LogP contribution in [0.2, 0.25) is 0 Å². The minimum Gasteiger partial charge on any atom is -0.455 e. The second kappa shape index (κ2) is 11.5. The van der Waals surface area contributed by atoms with E-state index in [1.807, 2.05) is 17.4 Å². The average molecular weight is 702 g/mol. The molecule has 0 saturated heterocycles. The Morgan fingerprint density at radius 3 is 2.13 bits per heavy atom. The van der Waals surface area contributed by atoms with Crippen LogP contribution in [0.15, 0.2) is 161 Å². The second-order valence-electron chi connectivity index (χ2n) is 14.8. The summed E-state index contributed by atoms with van der Waals surface area (Å²) < 4.78 is 9.13. The highest BCUT2D eigenvalue weighted by Gasteiger charge is 2.37. The molecule has 0 amide bonds. The van der Waals surface area contributed by atoms with Gasteiger partial charge >= 0.3 is 0 Å². The monoisotopic (exact) mass is 701 g/mol. The summed E-state index contributed by atoms with van der Waals surface area (Å²) in [6.07, 6.45) is -0.292. The molecule has 2 unspecified atom stereocenters. The Balaban J connectivity index is 1.03. The van der Waals surface area contributed by atoms with Crippen LogP contribution >= 0.6 is 11.3 Å². The standard InChI is InChI=1S/C48H35N3OS/c1-48(2)38-25-30(36-27-37-34-17-9-11-19-40(34)52-43(37)42-35-18-10-12-20-41(35)53-44(36)42)21-23-32(38)33-24-22-31(26-39(33)48)47-50-45(28-13-5-3-6-14-28)49-46(51-47)29-15-7-4-8-16-29/h3-27,45,47,50H,1-2H3,(H,49,51). The molecule has 0 radical (unpaired) electrons. The summed E-state index contributed by atoms with van der Waals surface area (Å²) in [6, 6.07) is 54.6. The van der Waals surface area contributed by atoms with Gasteiger partial charge in [-0.1, -0.05) is 141 Å². The average Bonchev–Trinajstić information content (AvgIpc) is 3.85. The van der Waals surface area contributed by atoms with E-state index in [9.17, 15) is 0 Å². The number of para-hydroxylation sites is 1. The van der Waals surface area contributed by atoms with Crippen molar-refractivity contribution in [3.05, 3.63) is 179 Å². The van der Waals surface area contributed by atoms with Crippen molar-refractivity contribution in [2.24, 2.45) is 4.99 Å².